The molecule has 2 N–H and O–H groups in total. The number of amides is 1. The van der Waals surface area contributed by atoms with Crippen molar-refractivity contribution in [3.63, 3.8) is 0 Å². The van der Waals surface area contributed by atoms with E-state index in [2.05, 4.69) is 39.1 Å². The number of hydrogen-bond acceptors (Lipinski definition) is 6. The second-order valence-electron chi connectivity index (χ2n) is 9.44. The lowest BCUT2D eigenvalue weighted by Crippen LogP contribution is -2.57. The summed E-state index contributed by atoms with van der Waals surface area (Å²) in [7, 11) is 0. The Kier molecular flexibility index (Phi) is 6.50. The van der Waals surface area contributed by atoms with Gasteiger partial charge in [0.1, 0.15) is 12.1 Å². The highest BCUT2D eigenvalue weighted by Crippen LogP contribution is 2.31. The predicted octanol–water partition coefficient (Wildman–Crippen LogP) is 5.54. The van der Waals surface area contributed by atoms with Crippen LogP contribution < -0.4 is 5.73 Å². The van der Waals surface area contributed by atoms with Crippen molar-refractivity contribution < 1.29 is 4.79 Å². The molecule has 5 aromatic rings. The maximum atomic E-state index is 13.9. The van der Waals surface area contributed by atoms with Crippen molar-refractivity contribution in [3.05, 3.63) is 100 Å². The largest absolute Gasteiger partial charge is 0.383 e. The molecule has 1 saturated heterocycles. The lowest BCUT2D eigenvalue weighted by molar-refractivity contribution is -0.142. The standard InChI is InChI=1S/C29H26ClN5OS/c30-22-8-7-21-14-23(37-27(21)15-22)17-34-10-11-35(29(36)26(34)13-19-4-2-1-3-5-19)16-20-6-9-24-25(12-20)32-18-33-28(24)31/h1-9,12,14-15,18,26H,10-11,13,16-17H2,(H2,31,32,33). The molecule has 2 aromatic heterocycles. The van der Waals surface area contributed by atoms with Gasteiger partial charge in [0.2, 0.25) is 5.91 Å². The first-order valence-corrected chi connectivity index (χ1v) is 13.5. The number of halogens is 1. The highest BCUT2D eigenvalue weighted by Gasteiger charge is 2.35. The van der Waals surface area contributed by atoms with Gasteiger partial charge in [-0.05, 0) is 53.3 Å². The quantitative estimate of drug-likeness (QED) is 0.314. The first kappa shape index (κ1) is 23.9. The van der Waals surface area contributed by atoms with E-state index >= 15 is 0 Å². The maximum Gasteiger partial charge on any atom is 0.240 e. The number of rotatable bonds is 6. The van der Waals surface area contributed by atoms with Gasteiger partial charge in [0, 0.05) is 46.2 Å². The number of carbonyl (C=O) groups excluding carboxylic acids is 1. The summed E-state index contributed by atoms with van der Waals surface area (Å²) < 4.78 is 1.17. The SMILES string of the molecule is Nc1ncnc2cc(CN3CCN(Cc4cc5ccc(Cl)cc5s4)C(Cc4ccccc4)C3=O)ccc12. The van der Waals surface area contributed by atoms with Gasteiger partial charge in [0.15, 0.2) is 0 Å². The van der Waals surface area contributed by atoms with E-state index in [0.29, 0.717) is 25.3 Å². The third-order valence-corrected chi connectivity index (χ3v) is 8.28. The van der Waals surface area contributed by atoms with Crippen LogP contribution in [-0.4, -0.2) is 44.8 Å². The van der Waals surface area contributed by atoms with Gasteiger partial charge in [-0.15, -0.1) is 11.3 Å². The van der Waals surface area contributed by atoms with Crippen LogP contribution in [-0.2, 0) is 24.3 Å². The molecular formula is C29H26ClN5OS. The average Bonchev–Trinajstić information content (AvgIpc) is 3.30. The number of thiophene rings is 1. The van der Waals surface area contributed by atoms with Gasteiger partial charge < -0.3 is 10.6 Å². The summed E-state index contributed by atoms with van der Waals surface area (Å²) in [5.74, 6) is 0.620. The van der Waals surface area contributed by atoms with Crippen molar-refractivity contribution in [2.75, 3.05) is 18.8 Å². The topological polar surface area (TPSA) is 75.3 Å². The minimum absolute atomic E-state index is 0.154. The molecule has 0 bridgehead atoms. The molecule has 1 unspecified atom stereocenters. The summed E-state index contributed by atoms with van der Waals surface area (Å²) in [6.07, 6.45) is 2.15. The fourth-order valence-electron chi connectivity index (χ4n) is 5.06. The molecule has 37 heavy (non-hydrogen) atoms. The molecule has 6 rings (SSSR count). The molecule has 8 heteroatoms. The van der Waals surface area contributed by atoms with E-state index in [9.17, 15) is 4.79 Å². The van der Waals surface area contributed by atoms with E-state index in [-0.39, 0.29) is 11.9 Å². The van der Waals surface area contributed by atoms with Crippen LogP contribution in [0.4, 0.5) is 5.82 Å². The van der Waals surface area contributed by atoms with Crippen molar-refractivity contribution in [2.24, 2.45) is 0 Å². The van der Waals surface area contributed by atoms with E-state index in [1.807, 2.05) is 53.4 Å². The zero-order valence-corrected chi connectivity index (χ0v) is 21.8. The number of hydrogen-bond donors (Lipinski definition) is 1. The summed E-state index contributed by atoms with van der Waals surface area (Å²) in [5.41, 5.74) is 8.98. The first-order chi connectivity index (χ1) is 18.0. The van der Waals surface area contributed by atoms with E-state index in [0.717, 1.165) is 40.1 Å². The zero-order chi connectivity index (χ0) is 25.4. The lowest BCUT2D eigenvalue weighted by atomic mass is 10.0. The van der Waals surface area contributed by atoms with E-state index < -0.39 is 0 Å². The Labute approximate surface area is 224 Å². The molecule has 1 amide bonds. The van der Waals surface area contributed by atoms with Crippen LogP contribution in [0.15, 0.2) is 79.1 Å². The summed E-state index contributed by atoms with van der Waals surface area (Å²) in [6, 6.07) is 24.2. The van der Waals surface area contributed by atoms with Crippen LogP contribution in [0, 0.1) is 0 Å². The smallest absolute Gasteiger partial charge is 0.240 e. The van der Waals surface area contributed by atoms with Crippen molar-refractivity contribution >= 4 is 55.7 Å². The van der Waals surface area contributed by atoms with Crippen LogP contribution >= 0.6 is 22.9 Å². The third kappa shape index (κ3) is 5.03. The Morgan fingerprint density at radius 3 is 2.68 bits per heavy atom. The number of nitrogens with two attached hydrogens (primary N) is 1. The fourth-order valence-corrected chi connectivity index (χ4v) is 6.43. The van der Waals surface area contributed by atoms with Crippen LogP contribution in [0.25, 0.3) is 21.0 Å². The molecule has 1 aliphatic rings. The highest BCUT2D eigenvalue weighted by atomic mass is 35.5. The summed E-state index contributed by atoms with van der Waals surface area (Å²) in [4.78, 5) is 27.9. The minimum Gasteiger partial charge on any atom is -0.383 e. The van der Waals surface area contributed by atoms with Crippen LogP contribution in [0.3, 0.4) is 0 Å². The number of fused-ring (bicyclic) bond motifs is 2. The molecule has 0 spiro atoms. The van der Waals surface area contributed by atoms with Crippen molar-refractivity contribution in [1.29, 1.82) is 0 Å². The molecule has 186 valence electrons. The second kappa shape index (κ2) is 10.1. The predicted molar refractivity (Wildman–Crippen MR) is 151 cm³/mol. The van der Waals surface area contributed by atoms with Gasteiger partial charge in [-0.2, -0.15) is 0 Å². The number of carbonyl (C=O) groups is 1. The molecule has 1 fully saturated rings. The molecule has 3 heterocycles. The van der Waals surface area contributed by atoms with Crippen molar-refractivity contribution in [2.45, 2.75) is 25.6 Å². The van der Waals surface area contributed by atoms with E-state index in [1.165, 1.54) is 21.3 Å². The summed E-state index contributed by atoms with van der Waals surface area (Å²) >= 11 is 7.95. The molecule has 0 saturated carbocycles. The van der Waals surface area contributed by atoms with Crippen LogP contribution in [0.1, 0.15) is 16.0 Å². The number of piperazine rings is 1. The molecule has 6 nitrogen and oxygen atoms in total. The lowest BCUT2D eigenvalue weighted by Gasteiger charge is -2.40. The van der Waals surface area contributed by atoms with E-state index in [1.54, 1.807) is 11.3 Å². The molecule has 1 atom stereocenters. The Balaban J connectivity index is 1.25. The van der Waals surface area contributed by atoms with Crippen molar-refractivity contribution in [3.8, 4) is 0 Å². The number of nitrogens with zero attached hydrogens (tertiary/aromatic N) is 4. The Morgan fingerprint density at radius 2 is 1.81 bits per heavy atom. The van der Waals surface area contributed by atoms with Gasteiger partial charge in [0.05, 0.1) is 11.6 Å². The monoisotopic (exact) mass is 527 g/mol. The highest BCUT2D eigenvalue weighted by molar-refractivity contribution is 7.19. The third-order valence-electron chi connectivity index (χ3n) is 6.96. The van der Waals surface area contributed by atoms with Crippen LogP contribution in [0.2, 0.25) is 5.02 Å². The average molecular weight is 528 g/mol. The van der Waals surface area contributed by atoms with Gasteiger partial charge in [-0.25, -0.2) is 9.97 Å². The van der Waals surface area contributed by atoms with Gasteiger partial charge >= 0.3 is 0 Å². The second-order valence-corrected chi connectivity index (χ2v) is 11.0. The van der Waals surface area contributed by atoms with Crippen molar-refractivity contribution in [1.82, 2.24) is 19.8 Å². The molecular weight excluding hydrogens is 502 g/mol. The molecule has 1 aliphatic heterocycles. The zero-order valence-electron chi connectivity index (χ0n) is 20.2. The number of anilines is 1. The fraction of sp³-hybridized carbons (Fsp3) is 0.207. The molecule has 0 aliphatic carbocycles. The summed E-state index contributed by atoms with van der Waals surface area (Å²) in [5, 5.41) is 2.76. The Morgan fingerprint density at radius 1 is 0.946 bits per heavy atom. The van der Waals surface area contributed by atoms with Crippen LogP contribution in [0.5, 0.6) is 0 Å². The number of aromatic nitrogens is 2. The Bertz CT molecular complexity index is 1590. The normalized spacial score (nSPS) is 16.6. The number of benzene rings is 3. The maximum absolute atomic E-state index is 13.9. The van der Waals surface area contributed by atoms with Gasteiger partial charge in [-0.1, -0.05) is 54.1 Å². The van der Waals surface area contributed by atoms with E-state index in [4.69, 9.17) is 17.3 Å². The number of nitrogen functional groups attached to an aromatic ring is 1. The first-order valence-electron chi connectivity index (χ1n) is 12.3. The van der Waals surface area contributed by atoms with Gasteiger partial charge in [0.25, 0.3) is 0 Å². The molecule has 0 radical (unpaired) electrons. The Hall–Kier alpha value is -3.52. The molecule has 3 aromatic carbocycles. The summed E-state index contributed by atoms with van der Waals surface area (Å²) in [6.45, 7) is 2.76. The van der Waals surface area contributed by atoms with Gasteiger partial charge in [-0.3, -0.25) is 9.69 Å². The minimum atomic E-state index is -0.233.